The van der Waals surface area contributed by atoms with Crippen molar-refractivity contribution < 1.29 is 0 Å². The minimum atomic E-state index is 0.465. The Bertz CT molecular complexity index is 980. The van der Waals surface area contributed by atoms with Gasteiger partial charge in [0.15, 0.2) is 0 Å². The fraction of sp³-hybridized carbons (Fsp3) is 0.154. The molecule has 0 aromatic heterocycles. The van der Waals surface area contributed by atoms with Crippen LogP contribution in [0.4, 0.5) is 5.69 Å². The van der Waals surface area contributed by atoms with Gasteiger partial charge in [-0.25, -0.2) is 0 Å². The summed E-state index contributed by atoms with van der Waals surface area (Å²) in [5, 5.41) is 0. The number of nitrogen functional groups attached to an aromatic ring is 1. The number of allylic oxidation sites excluding steroid dienone is 4. The maximum absolute atomic E-state index is 5.77. The average Bonchev–Trinajstić information content (AvgIpc) is 2.73. The molecule has 0 radical (unpaired) electrons. The van der Waals surface area contributed by atoms with Crippen LogP contribution >= 0.6 is 12.6 Å². The van der Waals surface area contributed by atoms with E-state index >= 15 is 0 Å². The average molecular weight is 384 g/mol. The highest BCUT2D eigenvalue weighted by atomic mass is 32.1. The Kier molecular flexibility index (Phi) is 5.68. The third-order valence-electron chi connectivity index (χ3n) is 5.32. The summed E-state index contributed by atoms with van der Waals surface area (Å²) in [6.07, 6.45) is 9.97. The third kappa shape index (κ3) is 4.76. The lowest BCUT2D eigenvalue weighted by Crippen LogP contribution is -2.01. The Morgan fingerprint density at radius 1 is 0.750 bits per heavy atom. The van der Waals surface area contributed by atoms with Crippen molar-refractivity contribution in [1.82, 2.24) is 0 Å². The molecule has 28 heavy (non-hydrogen) atoms. The molecule has 2 heteroatoms. The first-order valence-corrected chi connectivity index (χ1v) is 10.2. The Hall–Kier alpha value is -2.71. The van der Waals surface area contributed by atoms with E-state index in [4.69, 9.17) is 5.73 Å². The van der Waals surface area contributed by atoms with Gasteiger partial charge in [-0.3, -0.25) is 0 Å². The van der Waals surface area contributed by atoms with E-state index in [1.165, 1.54) is 27.8 Å². The largest absolute Gasteiger partial charge is 0.399 e. The monoisotopic (exact) mass is 383 g/mol. The second kappa shape index (κ2) is 8.53. The number of thiol groups is 1. The number of rotatable bonds is 5. The SMILES string of the molecule is Nc1ccc(CC2=CCC(c3ccc(Cc4ccc(S)cc4)cc3)C=C2)cc1. The molecule has 1 unspecified atom stereocenters. The van der Waals surface area contributed by atoms with Gasteiger partial charge in [0, 0.05) is 16.5 Å². The molecule has 0 bridgehead atoms. The minimum Gasteiger partial charge on any atom is -0.399 e. The molecule has 0 aliphatic heterocycles. The van der Waals surface area contributed by atoms with Crippen LogP contribution in [0.5, 0.6) is 0 Å². The molecule has 1 nitrogen and oxygen atoms in total. The summed E-state index contributed by atoms with van der Waals surface area (Å²) in [6, 6.07) is 25.6. The summed E-state index contributed by atoms with van der Waals surface area (Å²) in [7, 11) is 0. The Morgan fingerprint density at radius 2 is 1.32 bits per heavy atom. The second-order valence-electron chi connectivity index (χ2n) is 7.48. The van der Waals surface area contributed by atoms with E-state index in [-0.39, 0.29) is 0 Å². The van der Waals surface area contributed by atoms with Crippen LogP contribution in [0.25, 0.3) is 0 Å². The van der Waals surface area contributed by atoms with Gasteiger partial charge in [0.05, 0.1) is 0 Å². The molecule has 0 heterocycles. The highest BCUT2D eigenvalue weighted by Gasteiger charge is 2.11. The highest BCUT2D eigenvalue weighted by molar-refractivity contribution is 7.80. The maximum atomic E-state index is 5.77. The lowest BCUT2D eigenvalue weighted by atomic mass is 9.88. The van der Waals surface area contributed by atoms with Gasteiger partial charge >= 0.3 is 0 Å². The van der Waals surface area contributed by atoms with Crippen molar-refractivity contribution in [2.75, 3.05) is 5.73 Å². The van der Waals surface area contributed by atoms with Gasteiger partial charge in [-0.05, 0) is 71.4 Å². The normalized spacial score (nSPS) is 16.0. The van der Waals surface area contributed by atoms with Crippen LogP contribution in [0.1, 0.15) is 34.6 Å². The van der Waals surface area contributed by atoms with Crippen molar-refractivity contribution in [2.45, 2.75) is 30.1 Å². The summed E-state index contributed by atoms with van der Waals surface area (Å²) in [6.45, 7) is 0. The molecule has 1 aliphatic carbocycles. The molecule has 140 valence electrons. The van der Waals surface area contributed by atoms with E-state index in [0.717, 1.165) is 29.8 Å². The van der Waals surface area contributed by atoms with Crippen molar-refractivity contribution in [3.8, 4) is 0 Å². The van der Waals surface area contributed by atoms with Crippen LogP contribution < -0.4 is 5.73 Å². The summed E-state index contributed by atoms with van der Waals surface area (Å²) >= 11 is 4.35. The molecule has 0 spiro atoms. The van der Waals surface area contributed by atoms with Crippen molar-refractivity contribution in [3.63, 3.8) is 0 Å². The zero-order valence-electron chi connectivity index (χ0n) is 15.9. The smallest absolute Gasteiger partial charge is 0.0314 e. The first-order valence-electron chi connectivity index (χ1n) is 9.74. The van der Waals surface area contributed by atoms with Gasteiger partial charge in [-0.15, -0.1) is 12.6 Å². The zero-order chi connectivity index (χ0) is 19.3. The maximum Gasteiger partial charge on any atom is 0.0314 e. The molecule has 3 aromatic rings. The van der Waals surface area contributed by atoms with Gasteiger partial charge in [-0.1, -0.05) is 66.8 Å². The van der Waals surface area contributed by atoms with Crippen molar-refractivity contribution >= 4 is 18.3 Å². The first kappa shape index (κ1) is 18.6. The number of hydrogen-bond acceptors (Lipinski definition) is 2. The molecule has 3 aromatic carbocycles. The van der Waals surface area contributed by atoms with Crippen LogP contribution in [-0.2, 0) is 12.8 Å². The van der Waals surface area contributed by atoms with Crippen molar-refractivity contribution in [2.24, 2.45) is 0 Å². The van der Waals surface area contributed by atoms with E-state index in [9.17, 15) is 0 Å². The fourth-order valence-corrected chi connectivity index (χ4v) is 3.80. The minimum absolute atomic E-state index is 0.465. The van der Waals surface area contributed by atoms with Crippen molar-refractivity contribution in [3.05, 3.63) is 119 Å². The molecular weight excluding hydrogens is 358 g/mol. The molecule has 0 saturated carbocycles. The topological polar surface area (TPSA) is 26.0 Å². The van der Waals surface area contributed by atoms with E-state index < -0.39 is 0 Å². The predicted octanol–water partition coefficient (Wildman–Crippen LogP) is 6.36. The third-order valence-corrected chi connectivity index (χ3v) is 5.62. The Balaban J connectivity index is 1.36. The lowest BCUT2D eigenvalue weighted by Gasteiger charge is -2.17. The van der Waals surface area contributed by atoms with E-state index in [1.54, 1.807) is 0 Å². The van der Waals surface area contributed by atoms with E-state index in [1.807, 2.05) is 24.3 Å². The molecule has 1 aliphatic rings. The van der Waals surface area contributed by atoms with Crippen LogP contribution in [0.15, 0.2) is 101 Å². The van der Waals surface area contributed by atoms with Gasteiger partial charge in [-0.2, -0.15) is 0 Å². The number of hydrogen-bond donors (Lipinski definition) is 2. The second-order valence-corrected chi connectivity index (χ2v) is 8.00. The van der Waals surface area contributed by atoms with Crippen LogP contribution in [0.3, 0.4) is 0 Å². The molecule has 0 saturated heterocycles. The highest BCUT2D eigenvalue weighted by Crippen LogP contribution is 2.28. The molecule has 0 amide bonds. The fourth-order valence-electron chi connectivity index (χ4n) is 3.65. The molecule has 1 atom stereocenters. The van der Waals surface area contributed by atoms with Gasteiger partial charge in [0.25, 0.3) is 0 Å². The molecule has 2 N–H and O–H groups in total. The van der Waals surface area contributed by atoms with Crippen LogP contribution in [0, 0.1) is 0 Å². The van der Waals surface area contributed by atoms with Crippen molar-refractivity contribution in [1.29, 1.82) is 0 Å². The Labute approximate surface area is 173 Å². The first-order chi connectivity index (χ1) is 13.7. The predicted molar refractivity (Wildman–Crippen MR) is 122 cm³/mol. The van der Waals surface area contributed by atoms with E-state index in [2.05, 4.69) is 79.4 Å². The summed E-state index contributed by atoms with van der Waals surface area (Å²) in [5.74, 6) is 0.465. The zero-order valence-corrected chi connectivity index (χ0v) is 16.8. The number of benzene rings is 3. The summed E-state index contributed by atoms with van der Waals surface area (Å²) in [5.41, 5.74) is 13.3. The number of anilines is 1. The summed E-state index contributed by atoms with van der Waals surface area (Å²) < 4.78 is 0. The van der Waals surface area contributed by atoms with Crippen LogP contribution in [-0.4, -0.2) is 0 Å². The quantitative estimate of drug-likeness (QED) is 0.389. The summed E-state index contributed by atoms with van der Waals surface area (Å²) in [4.78, 5) is 1.01. The van der Waals surface area contributed by atoms with E-state index in [0.29, 0.717) is 5.92 Å². The molecular formula is C26H25NS. The standard InChI is InChI=1S/C26H25NS/c27-25-13-5-21(6-14-25)17-19-1-9-23(10-2-19)24-11-3-20(4-12-24)18-22-7-15-26(28)16-8-22/h1-9,11-16,23,28H,10,17-18,27H2. The van der Waals surface area contributed by atoms with Gasteiger partial charge in [0.2, 0.25) is 0 Å². The lowest BCUT2D eigenvalue weighted by molar-refractivity contribution is 0.838. The van der Waals surface area contributed by atoms with Crippen LogP contribution in [0.2, 0.25) is 0 Å². The van der Waals surface area contributed by atoms with Gasteiger partial charge < -0.3 is 5.73 Å². The molecule has 4 rings (SSSR count). The van der Waals surface area contributed by atoms with Gasteiger partial charge in [0.1, 0.15) is 0 Å². The molecule has 0 fully saturated rings. The Morgan fingerprint density at radius 3 is 1.93 bits per heavy atom. The number of nitrogens with two attached hydrogens (primary N) is 1.